The Hall–Kier alpha value is -1.02. The molecule has 1 N–H and O–H groups in total. The molecule has 112 valence electrons. The minimum atomic E-state index is -4.11. The third-order valence-corrected chi connectivity index (χ3v) is 3.83. The van der Waals surface area contributed by atoms with Crippen molar-refractivity contribution in [3.63, 3.8) is 0 Å². The van der Waals surface area contributed by atoms with Gasteiger partial charge in [0.05, 0.1) is 6.54 Å². The largest absolute Gasteiger partial charge is 0.401 e. The molecule has 20 heavy (non-hydrogen) atoms. The van der Waals surface area contributed by atoms with E-state index in [-0.39, 0.29) is 5.92 Å². The normalized spacial score (nSPS) is 20.3. The first-order chi connectivity index (χ1) is 9.46. The van der Waals surface area contributed by atoms with Gasteiger partial charge in [0.15, 0.2) is 0 Å². The fraction of sp³-hybridized carbons (Fsp3) is 0.667. The molecule has 0 bridgehead atoms. The molecule has 1 aromatic rings. The summed E-state index contributed by atoms with van der Waals surface area (Å²) >= 11 is 1.51. The van der Waals surface area contributed by atoms with E-state index in [1.165, 1.54) is 16.7 Å². The smallest absolute Gasteiger partial charge is 0.368 e. The molecular formula is C12H17F3N4S. The molecule has 0 aromatic carbocycles. The van der Waals surface area contributed by atoms with Crippen LogP contribution in [0.4, 0.5) is 19.0 Å². The van der Waals surface area contributed by atoms with E-state index in [0.29, 0.717) is 25.5 Å². The first kappa shape index (κ1) is 15.4. The van der Waals surface area contributed by atoms with Gasteiger partial charge in [0, 0.05) is 13.1 Å². The SMILES string of the molecule is CSc1ccc(NCC2CCN(CC(F)(F)F)C2)nn1. The van der Waals surface area contributed by atoms with Gasteiger partial charge in [0.2, 0.25) is 0 Å². The average Bonchev–Trinajstić information content (AvgIpc) is 2.82. The summed E-state index contributed by atoms with van der Waals surface area (Å²) in [7, 11) is 0. The molecule has 1 unspecified atom stereocenters. The van der Waals surface area contributed by atoms with Crippen LogP contribution in [0.25, 0.3) is 0 Å². The van der Waals surface area contributed by atoms with Crippen LogP contribution in [0.2, 0.25) is 0 Å². The summed E-state index contributed by atoms with van der Waals surface area (Å²) in [6.45, 7) is 0.791. The van der Waals surface area contributed by atoms with Gasteiger partial charge in [-0.3, -0.25) is 4.90 Å². The Morgan fingerprint density at radius 2 is 2.20 bits per heavy atom. The number of nitrogens with zero attached hydrogens (tertiary/aromatic N) is 3. The van der Waals surface area contributed by atoms with E-state index in [9.17, 15) is 13.2 Å². The van der Waals surface area contributed by atoms with Gasteiger partial charge in [-0.1, -0.05) is 0 Å². The number of alkyl halides is 3. The van der Waals surface area contributed by atoms with Gasteiger partial charge in [-0.05, 0) is 37.3 Å². The molecule has 1 aromatic heterocycles. The van der Waals surface area contributed by atoms with Gasteiger partial charge in [-0.2, -0.15) is 13.2 Å². The standard InChI is InChI=1S/C12H17F3N4S/c1-20-11-3-2-10(17-18-11)16-6-9-4-5-19(7-9)8-12(13,14)15/h2-3,9H,4-8H2,1H3,(H,16,17). The van der Waals surface area contributed by atoms with E-state index < -0.39 is 12.7 Å². The Bertz CT molecular complexity index is 424. The summed E-state index contributed by atoms with van der Waals surface area (Å²) in [6, 6.07) is 3.70. The second-order valence-corrected chi connectivity index (χ2v) is 5.67. The molecule has 0 amide bonds. The van der Waals surface area contributed by atoms with Crippen LogP contribution in [-0.4, -0.2) is 53.7 Å². The summed E-state index contributed by atoms with van der Waals surface area (Å²) in [5.41, 5.74) is 0. The minimum absolute atomic E-state index is 0.222. The average molecular weight is 306 g/mol. The van der Waals surface area contributed by atoms with Crippen LogP contribution in [0.1, 0.15) is 6.42 Å². The summed E-state index contributed by atoms with van der Waals surface area (Å²) in [4.78, 5) is 1.45. The zero-order valence-corrected chi connectivity index (χ0v) is 12.0. The zero-order valence-electron chi connectivity index (χ0n) is 11.2. The molecule has 0 saturated carbocycles. The molecule has 0 radical (unpaired) electrons. The lowest BCUT2D eigenvalue weighted by Crippen LogP contribution is -2.33. The van der Waals surface area contributed by atoms with Crippen molar-refractivity contribution in [1.82, 2.24) is 15.1 Å². The highest BCUT2D eigenvalue weighted by atomic mass is 32.2. The van der Waals surface area contributed by atoms with Crippen molar-refractivity contribution < 1.29 is 13.2 Å². The van der Waals surface area contributed by atoms with Crippen molar-refractivity contribution in [2.45, 2.75) is 17.6 Å². The predicted octanol–water partition coefficient (Wildman–Crippen LogP) is 2.49. The lowest BCUT2D eigenvalue weighted by Gasteiger charge is -2.18. The second kappa shape index (κ2) is 6.62. The van der Waals surface area contributed by atoms with Crippen molar-refractivity contribution in [1.29, 1.82) is 0 Å². The van der Waals surface area contributed by atoms with Crippen molar-refractivity contribution in [3.05, 3.63) is 12.1 Å². The third kappa shape index (κ3) is 4.82. The van der Waals surface area contributed by atoms with Crippen molar-refractivity contribution in [3.8, 4) is 0 Å². The summed E-state index contributed by atoms with van der Waals surface area (Å²) in [5.74, 6) is 0.886. The molecule has 1 fully saturated rings. The summed E-state index contributed by atoms with van der Waals surface area (Å²) in [5, 5.41) is 12.0. The van der Waals surface area contributed by atoms with Gasteiger partial charge in [0.25, 0.3) is 0 Å². The van der Waals surface area contributed by atoms with Crippen LogP contribution < -0.4 is 5.32 Å². The van der Waals surface area contributed by atoms with E-state index in [2.05, 4.69) is 15.5 Å². The van der Waals surface area contributed by atoms with Crippen molar-refractivity contribution in [2.24, 2.45) is 5.92 Å². The molecule has 1 aliphatic rings. The first-order valence-corrected chi connectivity index (χ1v) is 7.59. The number of anilines is 1. The number of aromatic nitrogens is 2. The quantitative estimate of drug-likeness (QED) is 0.847. The van der Waals surface area contributed by atoms with Gasteiger partial charge in [0.1, 0.15) is 10.8 Å². The van der Waals surface area contributed by atoms with Gasteiger partial charge >= 0.3 is 6.18 Å². The number of hydrogen-bond acceptors (Lipinski definition) is 5. The monoisotopic (exact) mass is 306 g/mol. The first-order valence-electron chi connectivity index (χ1n) is 6.37. The number of nitrogens with one attached hydrogen (secondary N) is 1. The second-order valence-electron chi connectivity index (χ2n) is 4.85. The van der Waals surface area contributed by atoms with Crippen LogP contribution in [0.5, 0.6) is 0 Å². The van der Waals surface area contributed by atoms with Crippen molar-refractivity contribution >= 4 is 17.6 Å². The maximum absolute atomic E-state index is 12.3. The molecule has 1 saturated heterocycles. The lowest BCUT2D eigenvalue weighted by atomic mass is 10.1. The fourth-order valence-corrected chi connectivity index (χ4v) is 2.58. The molecule has 4 nitrogen and oxygen atoms in total. The number of rotatable bonds is 5. The molecule has 1 aliphatic heterocycles. The third-order valence-electron chi connectivity index (χ3n) is 3.19. The highest BCUT2D eigenvalue weighted by molar-refractivity contribution is 7.98. The highest BCUT2D eigenvalue weighted by Crippen LogP contribution is 2.23. The molecular weight excluding hydrogens is 289 g/mol. The van der Waals surface area contributed by atoms with E-state index >= 15 is 0 Å². The maximum Gasteiger partial charge on any atom is 0.401 e. The number of hydrogen-bond donors (Lipinski definition) is 1. The van der Waals surface area contributed by atoms with Gasteiger partial charge < -0.3 is 5.32 Å². The number of thioether (sulfide) groups is 1. The fourth-order valence-electron chi connectivity index (χ4n) is 2.25. The summed E-state index contributed by atoms with van der Waals surface area (Å²) < 4.78 is 36.8. The van der Waals surface area contributed by atoms with Crippen LogP contribution in [0.3, 0.4) is 0 Å². The Morgan fingerprint density at radius 1 is 1.40 bits per heavy atom. The minimum Gasteiger partial charge on any atom is -0.368 e. The Kier molecular flexibility index (Phi) is 5.09. The molecule has 1 atom stereocenters. The van der Waals surface area contributed by atoms with Gasteiger partial charge in [-0.25, -0.2) is 0 Å². The molecule has 2 rings (SSSR count). The van der Waals surface area contributed by atoms with E-state index in [1.807, 2.05) is 18.4 Å². The van der Waals surface area contributed by atoms with Crippen LogP contribution in [0, 0.1) is 5.92 Å². The Labute approximate surface area is 120 Å². The predicted molar refractivity (Wildman–Crippen MR) is 72.9 cm³/mol. The topological polar surface area (TPSA) is 41.0 Å². The molecule has 2 heterocycles. The van der Waals surface area contributed by atoms with Crippen LogP contribution in [0.15, 0.2) is 17.2 Å². The van der Waals surface area contributed by atoms with Crippen molar-refractivity contribution in [2.75, 3.05) is 37.8 Å². The lowest BCUT2D eigenvalue weighted by molar-refractivity contribution is -0.143. The van der Waals surface area contributed by atoms with Crippen LogP contribution in [-0.2, 0) is 0 Å². The molecule has 0 aliphatic carbocycles. The van der Waals surface area contributed by atoms with E-state index in [1.54, 1.807) is 0 Å². The molecule has 0 spiro atoms. The van der Waals surface area contributed by atoms with Crippen LogP contribution >= 0.6 is 11.8 Å². The highest BCUT2D eigenvalue weighted by Gasteiger charge is 2.34. The Morgan fingerprint density at radius 3 is 2.80 bits per heavy atom. The summed E-state index contributed by atoms with van der Waals surface area (Å²) in [6.07, 6.45) is -1.41. The number of halogens is 3. The van der Waals surface area contributed by atoms with Gasteiger partial charge in [-0.15, -0.1) is 22.0 Å². The molecule has 8 heteroatoms. The van der Waals surface area contributed by atoms with E-state index in [0.717, 1.165) is 11.4 Å². The zero-order chi connectivity index (χ0) is 14.6. The maximum atomic E-state index is 12.3. The number of likely N-dealkylation sites (tertiary alicyclic amines) is 1. The van der Waals surface area contributed by atoms with E-state index in [4.69, 9.17) is 0 Å². The Balaban J connectivity index is 1.75.